The molecule has 0 saturated carbocycles. The third-order valence-electron chi connectivity index (χ3n) is 3.43. The average molecular weight is 339 g/mol. The van der Waals surface area contributed by atoms with Gasteiger partial charge in [-0.3, -0.25) is 9.42 Å². The molecular weight excluding hydrogens is 321 g/mol. The molecule has 5 atom stereocenters. The van der Waals surface area contributed by atoms with Crippen molar-refractivity contribution < 1.29 is 38.6 Å². The van der Waals surface area contributed by atoms with Crippen LogP contribution in [0.1, 0.15) is 0 Å². The highest BCUT2D eigenvalue weighted by Crippen LogP contribution is 2.37. The molecule has 12 heteroatoms. The molecule has 0 bridgehead atoms. The van der Waals surface area contributed by atoms with E-state index in [2.05, 4.69) is 4.52 Å². The number of rotatable bonds is 4. The number of ether oxygens (including phenoxy) is 1. The van der Waals surface area contributed by atoms with E-state index >= 15 is 0 Å². The van der Waals surface area contributed by atoms with E-state index in [0.717, 1.165) is 4.90 Å². The van der Waals surface area contributed by atoms with Crippen molar-refractivity contribution in [1.29, 1.82) is 0 Å². The Labute approximate surface area is 125 Å². The molecule has 0 aromatic carbocycles. The summed E-state index contributed by atoms with van der Waals surface area (Å²) in [4.78, 5) is 31.6. The predicted octanol–water partition coefficient (Wildman–Crippen LogP) is -2.29. The number of carbonyl (C=O) groups is 1. The maximum atomic E-state index is 12.1. The van der Waals surface area contributed by atoms with Gasteiger partial charge in [0.05, 0.1) is 6.61 Å². The molecule has 2 aliphatic heterocycles. The van der Waals surface area contributed by atoms with Gasteiger partial charge >= 0.3 is 13.9 Å². The van der Waals surface area contributed by atoms with Crippen molar-refractivity contribution in [3.05, 3.63) is 12.3 Å². The van der Waals surface area contributed by atoms with E-state index in [9.17, 15) is 19.6 Å². The van der Waals surface area contributed by atoms with E-state index in [1.165, 1.54) is 24.2 Å². The van der Waals surface area contributed by atoms with Crippen molar-refractivity contribution >= 4 is 13.9 Å². The number of amides is 2. The molecule has 2 heterocycles. The summed E-state index contributed by atoms with van der Waals surface area (Å²) < 4.78 is 20.2. The molecular formula is C10H18N3O8P. The van der Waals surface area contributed by atoms with Crippen LogP contribution in [0.5, 0.6) is 0 Å². The van der Waals surface area contributed by atoms with Gasteiger partial charge in [0.25, 0.3) is 0 Å². The van der Waals surface area contributed by atoms with Gasteiger partial charge in [-0.15, -0.1) is 0 Å². The number of phosphoric ester groups is 1. The van der Waals surface area contributed by atoms with Crippen LogP contribution in [-0.2, 0) is 13.8 Å². The van der Waals surface area contributed by atoms with Gasteiger partial charge in [0.15, 0.2) is 6.23 Å². The minimum absolute atomic E-state index is 0.553. The molecule has 6 N–H and O–H groups in total. The largest absolute Gasteiger partial charge is 0.469 e. The Kier molecular flexibility index (Phi) is 4.90. The first-order chi connectivity index (χ1) is 10.1. The summed E-state index contributed by atoms with van der Waals surface area (Å²) >= 11 is 0. The van der Waals surface area contributed by atoms with Crippen molar-refractivity contribution in [2.45, 2.75) is 30.7 Å². The number of aliphatic hydroxyl groups is 2. The summed E-state index contributed by atoms with van der Waals surface area (Å²) in [7, 11) is -3.28. The Bertz CT molecular complexity index is 510. The molecule has 1 saturated heterocycles. The summed E-state index contributed by atoms with van der Waals surface area (Å²) in [6.07, 6.45) is -3.18. The molecule has 0 radical (unpaired) electrons. The van der Waals surface area contributed by atoms with Crippen LogP contribution >= 0.6 is 7.82 Å². The van der Waals surface area contributed by atoms with Crippen LogP contribution < -0.4 is 5.73 Å². The zero-order chi connectivity index (χ0) is 16.7. The van der Waals surface area contributed by atoms with Crippen molar-refractivity contribution in [1.82, 2.24) is 9.80 Å². The lowest BCUT2D eigenvalue weighted by molar-refractivity contribution is -0.0698. The average Bonchev–Trinajstić information content (AvgIpc) is 2.70. The fourth-order valence-corrected chi connectivity index (χ4v) is 2.49. The first kappa shape index (κ1) is 17.3. The fourth-order valence-electron chi connectivity index (χ4n) is 2.14. The molecule has 2 rings (SSSR count). The van der Waals surface area contributed by atoms with Crippen molar-refractivity contribution in [3.8, 4) is 0 Å². The number of phosphoric acid groups is 1. The topological polar surface area (TPSA) is 166 Å². The zero-order valence-corrected chi connectivity index (χ0v) is 12.5. The summed E-state index contributed by atoms with van der Waals surface area (Å²) in [5.74, 6) is 0. The maximum Gasteiger partial charge on any atom is 0.469 e. The molecule has 2 amide bonds. The number of nitrogens with zero attached hydrogens (tertiary/aromatic N) is 2. The molecule has 5 unspecified atom stereocenters. The standard InChI is InChI=1S/C10H18N3O8P/c1-12-6(11)2-3-13(10(12)16)9-8(15)7(14)5(21-9)4-20-22(17,18)19/h2-3,5-9,14-15H,4,11H2,1H3,(H2,17,18,19). The second-order valence-corrected chi connectivity index (χ2v) is 6.20. The lowest BCUT2D eigenvalue weighted by atomic mass is 10.1. The number of hydrogen-bond donors (Lipinski definition) is 5. The second-order valence-electron chi connectivity index (χ2n) is 4.97. The zero-order valence-electron chi connectivity index (χ0n) is 11.6. The molecule has 2 aliphatic rings. The minimum Gasteiger partial charge on any atom is -0.387 e. The monoisotopic (exact) mass is 339 g/mol. The summed E-state index contributed by atoms with van der Waals surface area (Å²) in [5.41, 5.74) is 5.65. The van der Waals surface area contributed by atoms with Crippen LogP contribution in [-0.4, -0.2) is 80.2 Å². The first-order valence-corrected chi connectivity index (χ1v) is 7.85. The molecule has 22 heavy (non-hydrogen) atoms. The van der Waals surface area contributed by atoms with Crippen molar-refractivity contribution in [2.24, 2.45) is 5.73 Å². The molecule has 1 fully saturated rings. The number of hydrogen-bond acceptors (Lipinski definition) is 7. The Morgan fingerprint density at radius 2 is 2.05 bits per heavy atom. The second kappa shape index (κ2) is 6.22. The Hall–Kier alpha value is -1.04. The fraction of sp³-hybridized carbons (Fsp3) is 0.700. The van der Waals surface area contributed by atoms with Crippen LogP contribution in [0.4, 0.5) is 4.79 Å². The number of likely N-dealkylation sites (N-methyl/N-ethyl adjacent to an activating group) is 1. The third-order valence-corrected chi connectivity index (χ3v) is 3.92. The van der Waals surface area contributed by atoms with Crippen molar-refractivity contribution in [2.75, 3.05) is 13.7 Å². The number of aliphatic hydroxyl groups excluding tert-OH is 2. The Morgan fingerprint density at radius 1 is 1.41 bits per heavy atom. The lowest BCUT2D eigenvalue weighted by Gasteiger charge is -2.36. The normalized spacial score (nSPS) is 36.3. The Balaban J connectivity index is 2.08. The highest BCUT2D eigenvalue weighted by atomic mass is 31.2. The number of nitrogens with two attached hydrogens (primary N) is 1. The van der Waals surface area contributed by atoms with Gasteiger partial charge in [0.2, 0.25) is 0 Å². The predicted molar refractivity (Wildman–Crippen MR) is 70.8 cm³/mol. The van der Waals surface area contributed by atoms with Crippen LogP contribution in [0.2, 0.25) is 0 Å². The SMILES string of the molecule is CN1C(=O)N(C2OC(COP(=O)(O)O)C(O)C2O)C=CC1N. The van der Waals surface area contributed by atoms with E-state index in [1.807, 2.05) is 0 Å². The summed E-state index contributed by atoms with van der Waals surface area (Å²) in [6, 6.07) is -0.553. The van der Waals surface area contributed by atoms with Gasteiger partial charge in [0.1, 0.15) is 24.5 Å². The van der Waals surface area contributed by atoms with Gasteiger partial charge in [0, 0.05) is 13.2 Å². The molecule has 0 spiro atoms. The molecule has 11 nitrogen and oxygen atoms in total. The highest BCUT2D eigenvalue weighted by molar-refractivity contribution is 7.46. The quantitative estimate of drug-likeness (QED) is 0.354. The molecule has 0 aliphatic carbocycles. The van der Waals surface area contributed by atoms with E-state index in [0.29, 0.717) is 0 Å². The molecule has 0 aromatic rings. The van der Waals surface area contributed by atoms with Gasteiger partial charge < -0.3 is 35.4 Å². The van der Waals surface area contributed by atoms with Crippen LogP contribution in [0.15, 0.2) is 12.3 Å². The van der Waals surface area contributed by atoms with Gasteiger partial charge in [-0.25, -0.2) is 9.36 Å². The van der Waals surface area contributed by atoms with Gasteiger partial charge in [-0.05, 0) is 6.08 Å². The highest BCUT2D eigenvalue weighted by Gasteiger charge is 2.48. The van der Waals surface area contributed by atoms with Crippen LogP contribution in [0.3, 0.4) is 0 Å². The lowest BCUT2D eigenvalue weighted by Crippen LogP contribution is -2.55. The maximum absolute atomic E-state index is 12.1. The van der Waals surface area contributed by atoms with E-state index in [1.54, 1.807) is 0 Å². The summed E-state index contributed by atoms with van der Waals surface area (Å²) in [6.45, 7) is -0.639. The molecule has 0 aromatic heterocycles. The smallest absolute Gasteiger partial charge is 0.387 e. The number of urea groups is 1. The number of carbonyl (C=O) groups excluding carboxylic acids is 1. The van der Waals surface area contributed by atoms with Crippen LogP contribution in [0.25, 0.3) is 0 Å². The third kappa shape index (κ3) is 3.47. The van der Waals surface area contributed by atoms with Gasteiger partial charge in [-0.1, -0.05) is 0 Å². The first-order valence-electron chi connectivity index (χ1n) is 6.32. The molecule has 126 valence electrons. The van der Waals surface area contributed by atoms with E-state index < -0.39 is 51.2 Å². The van der Waals surface area contributed by atoms with Crippen LogP contribution in [0, 0.1) is 0 Å². The minimum atomic E-state index is -4.74. The summed E-state index contributed by atoms with van der Waals surface area (Å²) in [5, 5.41) is 19.8. The van der Waals surface area contributed by atoms with E-state index in [-0.39, 0.29) is 0 Å². The Morgan fingerprint density at radius 3 is 2.64 bits per heavy atom. The van der Waals surface area contributed by atoms with Crippen molar-refractivity contribution in [3.63, 3.8) is 0 Å². The van der Waals surface area contributed by atoms with Gasteiger partial charge in [-0.2, -0.15) is 0 Å². The van der Waals surface area contributed by atoms with E-state index in [4.69, 9.17) is 20.3 Å².